The van der Waals surface area contributed by atoms with Crippen LogP contribution < -0.4 is 5.32 Å². The standard InChI is InChI=1S/C26H36N2O2/c1-8-23(25(30)27-26(5,6)7)28(17-22-11-9-10-18(2)14-22)24(29)16-21-13-12-19(3)20(4)15-21/h9-15,23H,8,16-17H2,1-7H3,(H,27,30). The lowest BCUT2D eigenvalue weighted by atomic mass is 10.0. The van der Waals surface area contributed by atoms with E-state index in [1.165, 1.54) is 11.1 Å². The van der Waals surface area contributed by atoms with Crippen molar-refractivity contribution in [3.63, 3.8) is 0 Å². The molecule has 0 saturated carbocycles. The maximum absolute atomic E-state index is 13.4. The smallest absolute Gasteiger partial charge is 0.243 e. The molecule has 0 fully saturated rings. The van der Waals surface area contributed by atoms with Gasteiger partial charge < -0.3 is 10.2 Å². The van der Waals surface area contributed by atoms with Gasteiger partial charge in [0.2, 0.25) is 11.8 Å². The molecule has 0 aliphatic carbocycles. The third-order valence-electron chi connectivity index (χ3n) is 5.25. The van der Waals surface area contributed by atoms with Crippen molar-refractivity contribution >= 4 is 11.8 Å². The molecule has 1 unspecified atom stereocenters. The van der Waals surface area contributed by atoms with E-state index >= 15 is 0 Å². The lowest BCUT2D eigenvalue weighted by Crippen LogP contribution is -2.53. The van der Waals surface area contributed by atoms with E-state index in [9.17, 15) is 9.59 Å². The second-order valence-corrected chi connectivity index (χ2v) is 9.27. The summed E-state index contributed by atoms with van der Waals surface area (Å²) in [5, 5.41) is 3.05. The highest BCUT2D eigenvalue weighted by atomic mass is 16.2. The average Bonchev–Trinajstić information content (AvgIpc) is 2.63. The van der Waals surface area contributed by atoms with E-state index in [2.05, 4.69) is 31.3 Å². The van der Waals surface area contributed by atoms with Crippen molar-refractivity contribution in [2.75, 3.05) is 0 Å². The quantitative estimate of drug-likeness (QED) is 0.710. The van der Waals surface area contributed by atoms with Crippen LogP contribution in [0.1, 0.15) is 61.9 Å². The minimum atomic E-state index is -0.510. The zero-order valence-corrected chi connectivity index (χ0v) is 19.5. The van der Waals surface area contributed by atoms with Crippen LogP contribution in [0.3, 0.4) is 0 Å². The molecule has 0 aliphatic heterocycles. The Labute approximate surface area is 181 Å². The SMILES string of the molecule is CCC(C(=O)NC(C)(C)C)N(Cc1cccc(C)c1)C(=O)Cc1ccc(C)c(C)c1. The molecule has 2 amide bonds. The number of nitrogens with one attached hydrogen (secondary N) is 1. The van der Waals surface area contributed by atoms with Gasteiger partial charge in [-0.2, -0.15) is 0 Å². The van der Waals surface area contributed by atoms with Crippen LogP contribution >= 0.6 is 0 Å². The fraction of sp³-hybridized carbons (Fsp3) is 0.462. The number of amides is 2. The molecular weight excluding hydrogens is 372 g/mol. The second kappa shape index (κ2) is 9.92. The number of nitrogens with zero attached hydrogens (tertiary/aromatic N) is 1. The first-order chi connectivity index (χ1) is 14.0. The Morgan fingerprint density at radius 3 is 2.23 bits per heavy atom. The van der Waals surface area contributed by atoms with E-state index in [0.29, 0.717) is 13.0 Å². The summed E-state index contributed by atoms with van der Waals surface area (Å²) in [4.78, 5) is 28.2. The minimum absolute atomic E-state index is 0.0318. The van der Waals surface area contributed by atoms with Gasteiger partial charge in [-0.05, 0) is 70.2 Å². The number of hydrogen-bond donors (Lipinski definition) is 1. The van der Waals surface area contributed by atoms with Crippen molar-refractivity contribution in [2.24, 2.45) is 0 Å². The van der Waals surface area contributed by atoms with E-state index in [1.54, 1.807) is 4.90 Å². The minimum Gasteiger partial charge on any atom is -0.350 e. The molecule has 2 aromatic rings. The predicted octanol–water partition coefficient (Wildman–Crippen LogP) is 4.88. The monoisotopic (exact) mass is 408 g/mol. The normalized spacial score (nSPS) is 12.4. The van der Waals surface area contributed by atoms with E-state index in [4.69, 9.17) is 0 Å². The summed E-state index contributed by atoms with van der Waals surface area (Å²) in [6.07, 6.45) is 0.846. The molecule has 1 atom stereocenters. The van der Waals surface area contributed by atoms with Crippen molar-refractivity contribution < 1.29 is 9.59 Å². The topological polar surface area (TPSA) is 49.4 Å². The van der Waals surface area contributed by atoms with Crippen LogP contribution in [0.25, 0.3) is 0 Å². The zero-order valence-electron chi connectivity index (χ0n) is 19.5. The first-order valence-corrected chi connectivity index (χ1v) is 10.7. The van der Waals surface area contributed by atoms with Crippen molar-refractivity contribution in [1.82, 2.24) is 10.2 Å². The van der Waals surface area contributed by atoms with E-state index < -0.39 is 6.04 Å². The molecule has 0 radical (unpaired) electrons. The van der Waals surface area contributed by atoms with Crippen LogP contribution in [-0.2, 0) is 22.6 Å². The van der Waals surface area contributed by atoms with E-state index in [-0.39, 0.29) is 23.8 Å². The van der Waals surface area contributed by atoms with Crippen molar-refractivity contribution in [3.05, 3.63) is 70.3 Å². The molecule has 4 nitrogen and oxygen atoms in total. The lowest BCUT2D eigenvalue weighted by molar-refractivity contribution is -0.141. The molecule has 2 aromatic carbocycles. The van der Waals surface area contributed by atoms with Crippen LogP contribution in [0.4, 0.5) is 0 Å². The predicted molar refractivity (Wildman–Crippen MR) is 123 cm³/mol. The highest BCUT2D eigenvalue weighted by Crippen LogP contribution is 2.18. The van der Waals surface area contributed by atoms with Gasteiger partial charge in [0.05, 0.1) is 6.42 Å². The van der Waals surface area contributed by atoms with Gasteiger partial charge in [0.1, 0.15) is 6.04 Å². The largest absolute Gasteiger partial charge is 0.350 e. The molecule has 0 bridgehead atoms. The van der Waals surface area contributed by atoms with Gasteiger partial charge in [-0.3, -0.25) is 9.59 Å². The van der Waals surface area contributed by atoms with Gasteiger partial charge >= 0.3 is 0 Å². The van der Waals surface area contributed by atoms with Crippen molar-refractivity contribution in [3.8, 4) is 0 Å². The molecule has 1 N–H and O–H groups in total. The number of hydrogen-bond acceptors (Lipinski definition) is 2. The summed E-state index contributed by atoms with van der Waals surface area (Å²) in [6, 6.07) is 13.7. The Morgan fingerprint density at radius 2 is 1.67 bits per heavy atom. The Bertz CT molecular complexity index is 896. The molecule has 0 spiro atoms. The molecule has 0 aromatic heterocycles. The first kappa shape index (κ1) is 23.7. The Kier molecular flexibility index (Phi) is 7.83. The third-order valence-corrected chi connectivity index (χ3v) is 5.25. The maximum Gasteiger partial charge on any atom is 0.243 e. The van der Waals surface area contributed by atoms with Gasteiger partial charge in [-0.25, -0.2) is 0 Å². The summed E-state index contributed by atoms with van der Waals surface area (Å²) in [6.45, 7) is 14.4. The van der Waals surface area contributed by atoms with Gasteiger partial charge in [-0.1, -0.05) is 55.0 Å². The summed E-state index contributed by atoms with van der Waals surface area (Å²) in [5.41, 5.74) is 5.17. The summed E-state index contributed by atoms with van der Waals surface area (Å²) < 4.78 is 0. The fourth-order valence-corrected chi connectivity index (χ4v) is 3.57. The van der Waals surface area contributed by atoms with Crippen LogP contribution in [0.15, 0.2) is 42.5 Å². The van der Waals surface area contributed by atoms with Gasteiger partial charge in [0.15, 0.2) is 0 Å². The molecule has 30 heavy (non-hydrogen) atoms. The third kappa shape index (κ3) is 6.72. The molecule has 0 saturated heterocycles. The highest BCUT2D eigenvalue weighted by Gasteiger charge is 2.30. The molecule has 0 heterocycles. The Hall–Kier alpha value is -2.62. The molecule has 0 aliphatic rings. The highest BCUT2D eigenvalue weighted by molar-refractivity contribution is 5.88. The number of carbonyl (C=O) groups is 2. The molecule has 162 valence electrons. The van der Waals surface area contributed by atoms with Crippen LogP contribution in [-0.4, -0.2) is 28.3 Å². The Morgan fingerprint density at radius 1 is 0.967 bits per heavy atom. The van der Waals surface area contributed by atoms with E-state index in [0.717, 1.165) is 16.7 Å². The van der Waals surface area contributed by atoms with E-state index in [1.807, 2.05) is 65.0 Å². The van der Waals surface area contributed by atoms with Crippen LogP contribution in [0, 0.1) is 20.8 Å². The summed E-state index contributed by atoms with van der Waals surface area (Å²) >= 11 is 0. The van der Waals surface area contributed by atoms with Gasteiger partial charge in [0.25, 0.3) is 0 Å². The fourth-order valence-electron chi connectivity index (χ4n) is 3.57. The number of benzene rings is 2. The lowest BCUT2D eigenvalue weighted by Gasteiger charge is -2.33. The average molecular weight is 409 g/mol. The van der Waals surface area contributed by atoms with Crippen LogP contribution in [0.2, 0.25) is 0 Å². The second-order valence-electron chi connectivity index (χ2n) is 9.27. The molecule has 4 heteroatoms. The van der Waals surface area contributed by atoms with Gasteiger partial charge in [-0.15, -0.1) is 0 Å². The summed E-state index contributed by atoms with van der Waals surface area (Å²) in [7, 11) is 0. The first-order valence-electron chi connectivity index (χ1n) is 10.7. The van der Waals surface area contributed by atoms with Crippen molar-refractivity contribution in [1.29, 1.82) is 0 Å². The Balaban J connectivity index is 2.33. The maximum atomic E-state index is 13.4. The van der Waals surface area contributed by atoms with Gasteiger partial charge in [0, 0.05) is 12.1 Å². The van der Waals surface area contributed by atoms with Crippen LogP contribution in [0.5, 0.6) is 0 Å². The van der Waals surface area contributed by atoms with Crippen molar-refractivity contribution in [2.45, 2.75) is 79.4 Å². The summed E-state index contributed by atoms with van der Waals surface area (Å²) in [5.74, 6) is -0.137. The number of rotatable bonds is 7. The molecular formula is C26H36N2O2. The zero-order chi connectivity index (χ0) is 22.5. The number of carbonyl (C=O) groups excluding carboxylic acids is 2. The molecule has 2 rings (SSSR count). The number of aryl methyl sites for hydroxylation is 3.